The van der Waals surface area contributed by atoms with E-state index in [4.69, 9.17) is 11.6 Å². The third-order valence-corrected chi connectivity index (χ3v) is 3.61. The van der Waals surface area contributed by atoms with Gasteiger partial charge < -0.3 is 5.11 Å². The van der Waals surface area contributed by atoms with Gasteiger partial charge in [0.15, 0.2) is 0 Å². The van der Waals surface area contributed by atoms with Crippen molar-refractivity contribution in [1.29, 1.82) is 0 Å². The number of hydrogen-bond donors (Lipinski definition) is 1. The molecule has 2 aromatic rings. The zero-order valence-corrected chi connectivity index (χ0v) is 12.4. The molecular formula is C15H18ClFN2O. The highest BCUT2D eigenvalue weighted by atomic mass is 35.5. The number of benzene rings is 1. The predicted molar refractivity (Wildman–Crippen MR) is 77.4 cm³/mol. The van der Waals surface area contributed by atoms with E-state index in [0.29, 0.717) is 12.0 Å². The van der Waals surface area contributed by atoms with Gasteiger partial charge in [-0.3, -0.25) is 4.68 Å². The van der Waals surface area contributed by atoms with Crippen LogP contribution in [0.1, 0.15) is 23.9 Å². The third kappa shape index (κ3) is 3.38. The molecular weight excluding hydrogens is 279 g/mol. The lowest BCUT2D eigenvalue weighted by Crippen LogP contribution is -2.17. The fourth-order valence-corrected chi connectivity index (χ4v) is 2.40. The van der Waals surface area contributed by atoms with Crippen LogP contribution in [0.2, 0.25) is 5.02 Å². The number of halogens is 2. The second kappa shape index (κ2) is 6.37. The molecule has 0 fully saturated rings. The Labute approximate surface area is 123 Å². The molecule has 108 valence electrons. The fraction of sp³-hybridized carbons (Fsp3) is 0.400. The summed E-state index contributed by atoms with van der Waals surface area (Å²) in [5.74, 6) is -0.451. The minimum Gasteiger partial charge on any atom is -0.392 e. The first-order valence-corrected chi connectivity index (χ1v) is 7.01. The molecule has 3 nitrogen and oxygen atoms in total. The van der Waals surface area contributed by atoms with Crippen molar-refractivity contribution in [2.24, 2.45) is 7.05 Å². The first-order valence-electron chi connectivity index (χ1n) is 6.64. The Kier molecular flexibility index (Phi) is 4.78. The van der Waals surface area contributed by atoms with Crippen LogP contribution < -0.4 is 0 Å². The quantitative estimate of drug-likeness (QED) is 0.921. The lowest BCUT2D eigenvalue weighted by Gasteiger charge is -2.12. The van der Waals surface area contributed by atoms with Crippen molar-refractivity contribution < 1.29 is 9.50 Å². The van der Waals surface area contributed by atoms with Crippen molar-refractivity contribution >= 4 is 11.6 Å². The van der Waals surface area contributed by atoms with E-state index >= 15 is 0 Å². The minimum atomic E-state index is -0.664. The van der Waals surface area contributed by atoms with E-state index in [1.807, 2.05) is 20.0 Å². The SMILES string of the molecule is CCc1cc(CC(O)Cc2cccc(Cl)c2F)n(C)n1. The second-order valence-electron chi connectivity index (χ2n) is 4.88. The molecule has 5 heteroatoms. The van der Waals surface area contributed by atoms with Gasteiger partial charge in [0.1, 0.15) is 5.82 Å². The zero-order chi connectivity index (χ0) is 14.7. The highest BCUT2D eigenvalue weighted by Gasteiger charge is 2.14. The van der Waals surface area contributed by atoms with E-state index in [-0.39, 0.29) is 11.4 Å². The van der Waals surface area contributed by atoms with Crippen molar-refractivity contribution in [3.8, 4) is 0 Å². The molecule has 0 amide bonds. The van der Waals surface area contributed by atoms with Gasteiger partial charge in [-0.05, 0) is 24.1 Å². The molecule has 0 aliphatic heterocycles. The average molecular weight is 297 g/mol. The smallest absolute Gasteiger partial charge is 0.145 e. The maximum absolute atomic E-state index is 13.8. The van der Waals surface area contributed by atoms with Crippen molar-refractivity contribution in [3.63, 3.8) is 0 Å². The molecule has 0 aliphatic rings. The molecule has 0 saturated heterocycles. The molecule has 1 aromatic heterocycles. The minimum absolute atomic E-state index is 0.0866. The van der Waals surface area contributed by atoms with Crippen LogP contribution in [0, 0.1) is 5.82 Å². The number of aliphatic hydroxyl groups is 1. The van der Waals surface area contributed by atoms with Crippen LogP contribution in [-0.2, 0) is 26.3 Å². The first kappa shape index (κ1) is 15.0. The predicted octanol–water partition coefficient (Wildman–Crippen LogP) is 2.92. The van der Waals surface area contributed by atoms with Crippen LogP contribution in [0.4, 0.5) is 4.39 Å². The summed E-state index contributed by atoms with van der Waals surface area (Å²) in [6, 6.07) is 6.80. The van der Waals surface area contributed by atoms with E-state index in [2.05, 4.69) is 5.10 Å². The van der Waals surface area contributed by atoms with E-state index in [1.54, 1.807) is 16.8 Å². The molecule has 1 atom stereocenters. The molecule has 20 heavy (non-hydrogen) atoms. The average Bonchev–Trinajstić information content (AvgIpc) is 2.76. The van der Waals surface area contributed by atoms with E-state index in [1.165, 1.54) is 6.07 Å². The number of nitrogens with zero attached hydrogens (tertiary/aromatic N) is 2. The summed E-state index contributed by atoms with van der Waals surface area (Å²) in [6.45, 7) is 2.03. The molecule has 0 radical (unpaired) electrons. The summed E-state index contributed by atoms with van der Waals surface area (Å²) in [6.07, 6.45) is 0.865. The Morgan fingerprint density at radius 3 is 2.80 bits per heavy atom. The number of rotatable bonds is 5. The van der Waals surface area contributed by atoms with Gasteiger partial charge in [-0.1, -0.05) is 30.7 Å². The molecule has 2 rings (SSSR count). The first-order chi connectivity index (χ1) is 9.51. The standard InChI is InChI=1S/C15H18ClFN2O/c1-3-11-8-12(19(2)18-11)9-13(20)7-10-5-4-6-14(16)15(10)17/h4-6,8,13,20H,3,7,9H2,1-2H3. The highest BCUT2D eigenvalue weighted by Crippen LogP contribution is 2.20. The Morgan fingerprint density at radius 2 is 2.15 bits per heavy atom. The zero-order valence-electron chi connectivity index (χ0n) is 11.6. The van der Waals surface area contributed by atoms with Crippen molar-refractivity contribution in [2.75, 3.05) is 0 Å². The van der Waals surface area contributed by atoms with Crippen LogP contribution in [0.5, 0.6) is 0 Å². The van der Waals surface area contributed by atoms with Crippen LogP contribution in [0.3, 0.4) is 0 Å². The topological polar surface area (TPSA) is 38.0 Å². The van der Waals surface area contributed by atoms with Gasteiger partial charge in [-0.15, -0.1) is 0 Å². The maximum atomic E-state index is 13.8. The van der Waals surface area contributed by atoms with E-state index in [0.717, 1.165) is 17.8 Å². The van der Waals surface area contributed by atoms with Crippen LogP contribution in [0.15, 0.2) is 24.3 Å². The second-order valence-corrected chi connectivity index (χ2v) is 5.29. The van der Waals surface area contributed by atoms with E-state index < -0.39 is 11.9 Å². The molecule has 1 aromatic carbocycles. The number of aromatic nitrogens is 2. The Bertz CT molecular complexity index is 598. The summed E-state index contributed by atoms with van der Waals surface area (Å²) >= 11 is 5.73. The van der Waals surface area contributed by atoms with E-state index in [9.17, 15) is 9.50 Å². The van der Waals surface area contributed by atoms with Crippen LogP contribution in [0.25, 0.3) is 0 Å². The fourth-order valence-electron chi connectivity index (χ4n) is 2.21. The monoisotopic (exact) mass is 296 g/mol. The van der Waals surface area contributed by atoms with Gasteiger partial charge in [-0.2, -0.15) is 5.10 Å². The van der Waals surface area contributed by atoms with Crippen molar-refractivity contribution in [3.05, 3.63) is 52.1 Å². The van der Waals surface area contributed by atoms with Crippen molar-refractivity contribution in [1.82, 2.24) is 9.78 Å². The maximum Gasteiger partial charge on any atom is 0.145 e. The van der Waals surface area contributed by atoms with Gasteiger partial charge in [0.2, 0.25) is 0 Å². The number of aryl methyl sites for hydroxylation is 2. The Hall–Kier alpha value is -1.39. The summed E-state index contributed by atoms with van der Waals surface area (Å²) in [7, 11) is 1.85. The molecule has 1 heterocycles. The molecule has 0 bridgehead atoms. The summed E-state index contributed by atoms with van der Waals surface area (Å²) in [5, 5.41) is 14.5. The molecule has 1 N–H and O–H groups in total. The summed E-state index contributed by atoms with van der Waals surface area (Å²) in [4.78, 5) is 0. The normalized spacial score (nSPS) is 12.7. The third-order valence-electron chi connectivity index (χ3n) is 3.32. The molecule has 0 spiro atoms. The molecule has 0 aliphatic carbocycles. The van der Waals surface area contributed by atoms with Crippen LogP contribution in [-0.4, -0.2) is 21.0 Å². The lowest BCUT2D eigenvalue weighted by atomic mass is 10.0. The molecule has 0 saturated carbocycles. The largest absolute Gasteiger partial charge is 0.392 e. The van der Waals surface area contributed by atoms with Gasteiger partial charge in [-0.25, -0.2) is 4.39 Å². The van der Waals surface area contributed by atoms with Gasteiger partial charge >= 0.3 is 0 Å². The number of hydrogen-bond acceptors (Lipinski definition) is 2. The Balaban J connectivity index is 2.06. The van der Waals surface area contributed by atoms with Gasteiger partial charge in [0, 0.05) is 25.6 Å². The Morgan fingerprint density at radius 1 is 1.40 bits per heavy atom. The summed E-state index contributed by atoms with van der Waals surface area (Å²) < 4.78 is 15.5. The van der Waals surface area contributed by atoms with Gasteiger partial charge in [0.05, 0.1) is 16.8 Å². The lowest BCUT2D eigenvalue weighted by molar-refractivity contribution is 0.171. The molecule has 1 unspecified atom stereocenters. The number of aliphatic hydroxyl groups excluding tert-OH is 1. The van der Waals surface area contributed by atoms with Crippen molar-refractivity contribution in [2.45, 2.75) is 32.3 Å². The summed E-state index contributed by atoms with van der Waals surface area (Å²) in [5.41, 5.74) is 2.36. The van der Waals surface area contributed by atoms with Crippen LogP contribution >= 0.6 is 11.6 Å². The van der Waals surface area contributed by atoms with Gasteiger partial charge in [0.25, 0.3) is 0 Å². The highest BCUT2D eigenvalue weighted by molar-refractivity contribution is 6.30.